The summed E-state index contributed by atoms with van der Waals surface area (Å²) in [6, 6.07) is 16.5. The standard InChI is InChI=1S/C20H21FN4/c1-14-5-3-4-6-18(14)24-20-23-15(2)13-19(25-20)22-12-11-16-7-9-17(21)10-8-16/h3-10,13H,11-12H2,1-2H3,(H2,22,23,24,25). The third-order valence-electron chi connectivity index (χ3n) is 3.88. The van der Waals surface area contributed by atoms with Gasteiger partial charge in [0.1, 0.15) is 11.6 Å². The van der Waals surface area contributed by atoms with Crippen molar-refractivity contribution < 1.29 is 4.39 Å². The fourth-order valence-electron chi connectivity index (χ4n) is 2.53. The highest BCUT2D eigenvalue weighted by Gasteiger charge is 2.04. The first-order valence-electron chi connectivity index (χ1n) is 8.27. The van der Waals surface area contributed by atoms with Crippen molar-refractivity contribution in [3.63, 3.8) is 0 Å². The highest BCUT2D eigenvalue weighted by Crippen LogP contribution is 2.19. The molecule has 1 heterocycles. The van der Waals surface area contributed by atoms with E-state index in [4.69, 9.17) is 0 Å². The molecule has 0 saturated carbocycles. The van der Waals surface area contributed by atoms with E-state index in [0.717, 1.165) is 34.7 Å². The van der Waals surface area contributed by atoms with Gasteiger partial charge in [-0.25, -0.2) is 9.37 Å². The lowest BCUT2D eigenvalue weighted by Crippen LogP contribution is -2.09. The Balaban J connectivity index is 1.65. The number of halogens is 1. The summed E-state index contributed by atoms with van der Waals surface area (Å²) in [5.41, 5.74) is 4.09. The van der Waals surface area contributed by atoms with Crippen molar-refractivity contribution in [3.05, 3.63) is 77.2 Å². The molecule has 0 bridgehead atoms. The van der Waals surface area contributed by atoms with E-state index in [1.807, 2.05) is 44.2 Å². The molecule has 5 heteroatoms. The van der Waals surface area contributed by atoms with Crippen LogP contribution in [0.2, 0.25) is 0 Å². The number of nitrogens with zero attached hydrogens (tertiary/aromatic N) is 2. The van der Waals surface area contributed by atoms with Gasteiger partial charge in [-0.3, -0.25) is 0 Å². The number of anilines is 3. The number of aromatic nitrogens is 2. The first-order chi connectivity index (χ1) is 12.1. The van der Waals surface area contributed by atoms with Crippen molar-refractivity contribution in [2.45, 2.75) is 20.3 Å². The number of nitrogens with one attached hydrogen (secondary N) is 2. The fourth-order valence-corrected chi connectivity index (χ4v) is 2.53. The number of para-hydroxylation sites is 1. The average Bonchev–Trinajstić information content (AvgIpc) is 2.58. The maximum atomic E-state index is 12.9. The van der Waals surface area contributed by atoms with Crippen LogP contribution in [0.1, 0.15) is 16.8 Å². The Morgan fingerprint density at radius 1 is 0.960 bits per heavy atom. The lowest BCUT2D eigenvalue weighted by molar-refractivity contribution is 0.627. The highest BCUT2D eigenvalue weighted by atomic mass is 19.1. The summed E-state index contributed by atoms with van der Waals surface area (Å²) in [5.74, 6) is 1.12. The molecule has 3 rings (SSSR count). The molecule has 128 valence electrons. The molecule has 2 N–H and O–H groups in total. The summed E-state index contributed by atoms with van der Waals surface area (Å²) in [4.78, 5) is 8.96. The summed E-state index contributed by atoms with van der Waals surface area (Å²) < 4.78 is 12.9. The Labute approximate surface area is 147 Å². The van der Waals surface area contributed by atoms with Gasteiger partial charge in [-0.1, -0.05) is 30.3 Å². The van der Waals surface area contributed by atoms with Crippen LogP contribution in [0, 0.1) is 19.7 Å². The smallest absolute Gasteiger partial charge is 0.229 e. The number of aryl methyl sites for hydroxylation is 2. The van der Waals surface area contributed by atoms with Crippen LogP contribution >= 0.6 is 0 Å². The summed E-state index contributed by atoms with van der Waals surface area (Å²) in [7, 11) is 0. The minimum absolute atomic E-state index is 0.213. The molecule has 0 aliphatic rings. The Morgan fingerprint density at radius 3 is 2.48 bits per heavy atom. The van der Waals surface area contributed by atoms with Gasteiger partial charge in [0.25, 0.3) is 0 Å². The van der Waals surface area contributed by atoms with E-state index in [1.54, 1.807) is 12.1 Å². The van der Waals surface area contributed by atoms with Gasteiger partial charge in [0.05, 0.1) is 0 Å². The van der Waals surface area contributed by atoms with Gasteiger partial charge in [-0.05, 0) is 49.6 Å². The average molecular weight is 336 g/mol. The molecule has 0 aliphatic heterocycles. The van der Waals surface area contributed by atoms with E-state index in [1.165, 1.54) is 12.1 Å². The molecule has 0 atom stereocenters. The van der Waals surface area contributed by atoms with Gasteiger partial charge >= 0.3 is 0 Å². The third-order valence-corrected chi connectivity index (χ3v) is 3.88. The van der Waals surface area contributed by atoms with Crippen LogP contribution in [0.5, 0.6) is 0 Å². The second-order valence-electron chi connectivity index (χ2n) is 5.96. The van der Waals surface area contributed by atoms with Crippen molar-refractivity contribution in [2.24, 2.45) is 0 Å². The highest BCUT2D eigenvalue weighted by molar-refractivity contribution is 5.59. The normalized spacial score (nSPS) is 10.5. The van der Waals surface area contributed by atoms with E-state index in [2.05, 4.69) is 20.6 Å². The zero-order valence-electron chi connectivity index (χ0n) is 14.4. The number of hydrogen-bond donors (Lipinski definition) is 2. The van der Waals surface area contributed by atoms with Crippen LogP contribution < -0.4 is 10.6 Å². The topological polar surface area (TPSA) is 49.8 Å². The molecule has 1 aromatic heterocycles. The maximum absolute atomic E-state index is 12.9. The molecular formula is C20H21FN4. The van der Waals surface area contributed by atoms with Gasteiger partial charge in [-0.2, -0.15) is 4.98 Å². The van der Waals surface area contributed by atoms with Crippen LogP contribution in [0.25, 0.3) is 0 Å². The van der Waals surface area contributed by atoms with Crippen molar-refractivity contribution in [3.8, 4) is 0 Å². The summed E-state index contributed by atoms with van der Waals surface area (Å²) >= 11 is 0. The molecule has 0 spiro atoms. The van der Waals surface area contributed by atoms with E-state index in [-0.39, 0.29) is 5.82 Å². The lowest BCUT2D eigenvalue weighted by Gasteiger charge is -2.11. The van der Waals surface area contributed by atoms with Crippen molar-refractivity contribution in [1.82, 2.24) is 9.97 Å². The Bertz CT molecular complexity index is 847. The van der Waals surface area contributed by atoms with Gasteiger partial charge in [0.15, 0.2) is 0 Å². The maximum Gasteiger partial charge on any atom is 0.229 e. The van der Waals surface area contributed by atoms with Crippen LogP contribution in [-0.2, 0) is 6.42 Å². The molecule has 0 aliphatic carbocycles. The van der Waals surface area contributed by atoms with Crippen molar-refractivity contribution in [2.75, 3.05) is 17.2 Å². The van der Waals surface area contributed by atoms with Crippen molar-refractivity contribution in [1.29, 1.82) is 0 Å². The number of rotatable bonds is 6. The van der Waals surface area contributed by atoms with Gasteiger partial charge in [0.2, 0.25) is 5.95 Å². The van der Waals surface area contributed by atoms with Gasteiger partial charge < -0.3 is 10.6 Å². The monoisotopic (exact) mass is 336 g/mol. The zero-order valence-corrected chi connectivity index (χ0v) is 14.4. The summed E-state index contributed by atoms with van der Waals surface area (Å²) in [6.45, 7) is 4.70. The molecule has 2 aromatic carbocycles. The molecule has 0 unspecified atom stereocenters. The fraction of sp³-hybridized carbons (Fsp3) is 0.200. The molecule has 0 radical (unpaired) electrons. The number of hydrogen-bond acceptors (Lipinski definition) is 4. The van der Waals surface area contributed by atoms with E-state index >= 15 is 0 Å². The molecule has 0 saturated heterocycles. The minimum Gasteiger partial charge on any atom is -0.370 e. The van der Waals surface area contributed by atoms with E-state index < -0.39 is 0 Å². The van der Waals surface area contributed by atoms with Crippen LogP contribution in [-0.4, -0.2) is 16.5 Å². The Kier molecular flexibility index (Phi) is 5.23. The zero-order chi connectivity index (χ0) is 17.6. The molecule has 3 aromatic rings. The predicted molar refractivity (Wildman–Crippen MR) is 99.8 cm³/mol. The second-order valence-corrected chi connectivity index (χ2v) is 5.96. The number of benzene rings is 2. The third kappa shape index (κ3) is 4.76. The molecule has 0 fully saturated rings. The lowest BCUT2D eigenvalue weighted by atomic mass is 10.1. The Morgan fingerprint density at radius 2 is 1.72 bits per heavy atom. The first kappa shape index (κ1) is 16.9. The SMILES string of the molecule is Cc1cc(NCCc2ccc(F)cc2)nc(Nc2ccccc2C)n1. The van der Waals surface area contributed by atoms with Crippen LogP contribution in [0.4, 0.5) is 21.8 Å². The molecule has 0 amide bonds. The molecular weight excluding hydrogens is 315 g/mol. The molecule has 25 heavy (non-hydrogen) atoms. The van der Waals surface area contributed by atoms with Crippen LogP contribution in [0.3, 0.4) is 0 Å². The minimum atomic E-state index is -0.213. The van der Waals surface area contributed by atoms with Crippen LogP contribution in [0.15, 0.2) is 54.6 Å². The summed E-state index contributed by atoms with van der Waals surface area (Å²) in [6.07, 6.45) is 0.796. The quantitative estimate of drug-likeness (QED) is 0.689. The summed E-state index contributed by atoms with van der Waals surface area (Å²) in [5, 5.41) is 6.57. The first-order valence-corrected chi connectivity index (χ1v) is 8.27. The van der Waals surface area contributed by atoms with E-state index in [0.29, 0.717) is 12.5 Å². The Hall–Kier alpha value is -2.95. The van der Waals surface area contributed by atoms with Gasteiger partial charge in [0, 0.05) is 24.0 Å². The predicted octanol–water partition coefficient (Wildman–Crippen LogP) is 4.63. The second kappa shape index (κ2) is 7.75. The van der Waals surface area contributed by atoms with Crippen molar-refractivity contribution >= 4 is 17.5 Å². The molecule has 4 nitrogen and oxygen atoms in total. The van der Waals surface area contributed by atoms with E-state index in [9.17, 15) is 4.39 Å². The largest absolute Gasteiger partial charge is 0.370 e. The van der Waals surface area contributed by atoms with Gasteiger partial charge in [-0.15, -0.1) is 0 Å².